The molecule has 4 heteroatoms. The van der Waals surface area contributed by atoms with Gasteiger partial charge in [0.05, 0.1) is 0 Å². The minimum absolute atomic E-state index is 0.196. The SMILES string of the molecule is CC(C)(C)OC(=O)N1CCC(CCOCC#Cc2ccccc2)CC1. The summed E-state index contributed by atoms with van der Waals surface area (Å²) < 4.78 is 11.0. The lowest BCUT2D eigenvalue weighted by Gasteiger charge is -2.33. The number of hydrogen-bond donors (Lipinski definition) is 0. The van der Waals surface area contributed by atoms with E-state index in [1.54, 1.807) is 0 Å². The maximum Gasteiger partial charge on any atom is 0.410 e. The molecule has 1 aliphatic heterocycles. The van der Waals surface area contributed by atoms with E-state index < -0.39 is 5.60 Å². The van der Waals surface area contributed by atoms with Gasteiger partial charge in [-0.25, -0.2) is 4.79 Å². The first-order valence-corrected chi connectivity index (χ1v) is 9.03. The van der Waals surface area contributed by atoms with Crippen LogP contribution in [-0.2, 0) is 9.47 Å². The number of carbonyl (C=O) groups excluding carboxylic acids is 1. The molecule has 25 heavy (non-hydrogen) atoms. The summed E-state index contributed by atoms with van der Waals surface area (Å²) >= 11 is 0. The fourth-order valence-electron chi connectivity index (χ4n) is 2.76. The molecule has 1 heterocycles. The van der Waals surface area contributed by atoms with Crippen molar-refractivity contribution >= 4 is 6.09 Å². The maximum absolute atomic E-state index is 12.0. The number of carbonyl (C=O) groups is 1. The highest BCUT2D eigenvalue weighted by molar-refractivity contribution is 5.68. The first-order chi connectivity index (χ1) is 11.9. The first-order valence-electron chi connectivity index (χ1n) is 9.03. The Hall–Kier alpha value is -1.99. The normalized spacial score (nSPS) is 15.4. The zero-order valence-corrected chi connectivity index (χ0v) is 15.6. The Morgan fingerprint density at radius 2 is 1.88 bits per heavy atom. The van der Waals surface area contributed by atoms with Crippen LogP contribution in [0.1, 0.15) is 45.6 Å². The Balaban J connectivity index is 1.58. The molecule has 0 radical (unpaired) electrons. The van der Waals surface area contributed by atoms with Crippen molar-refractivity contribution in [1.82, 2.24) is 4.90 Å². The molecule has 1 aromatic carbocycles. The van der Waals surface area contributed by atoms with Gasteiger partial charge in [-0.05, 0) is 58.1 Å². The smallest absolute Gasteiger partial charge is 0.410 e. The van der Waals surface area contributed by atoms with Gasteiger partial charge in [0.2, 0.25) is 0 Å². The van der Waals surface area contributed by atoms with Crippen molar-refractivity contribution in [3.05, 3.63) is 35.9 Å². The first kappa shape index (κ1) is 19.3. The second-order valence-electron chi connectivity index (χ2n) is 7.42. The lowest BCUT2D eigenvalue weighted by Crippen LogP contribution is -2.41. The highest BCUT2D eigenvalue weighted by Crippen LogP contribution is 2.22. The van der Waals surface area contributed by atoms with Crippen LogP contribution in [0.25, 0.3) is 0 Å². The zero-order valence-electron chi connectivity index (χ0n) is 15.6. The van der Waals surface area contributed by atoms with Crippen molar-refractivity contribution in [1.29, 1.82) is 0 Å². The fraction of sp³-hybridized carbons (Fsp3) is 0.571. The van der Waals surface area contributed by atoms with Crippen molar-refractivity contribution in [2.24, 2.45) is 5.92 Å². The summed E-state index contributed by atoms with van der Waals surface area (Å²) in [5.41, 5.74) is 0.586. The number of amides is 1. The van der Waals surface area contributed by atoms with Crippen molar-refractivity contribution in [2.75, 3.05) is 26.3 Å². The summed E-state index contributed by atoms with van der Waals surface area (Å²) in [7, 11) is 0. The molecule has 0 spiro atoms. The van der Waals surface area contributed by atoms with E-state index in [0.717, 1.165) is 44.5 Å². The van der Waals surface area contributed by atoms with Crippen LogP contribution in [0.15, 0.2) is 30.3 Å². The van der Waals surface area contributed by atoms with Gasteiger partial charge >= 0.3 is 6.09 Å². The highest BCUT2D eigenvalue weighted by Gasteiger charge is 2.26. The molecular weight excluding hydrogens is 314 g/mol. The molecule has 1 aliphatic rings. The molecule has 136 valence electrons. The summed E-state index contributed by atoms with van der Waals surface area (Å²) in [6.07, 6.45) is 2.85. The van der Waals surface area contributed by atoms with Crippen LogP contribution >= 0.6 is 0 Å². The van der Waals surface area contributed by atoms with E-state index >= 15 is 0 Å². The Morgan fingerprint density at radius 3 is 2.52 bits per heavy atom. The average molecular weight is 343 g/mol. The summed E-state index contributed by atoms with van der Waals surface area (Å²) in [5, 5.41) is 0. The van der Waals surface area contributed by atoms with Gasteiger partial charge in [-0.15, -0.1) is 0 Å². The molecule has 0 bridgehead atoms. The third-order valence-electron chi connectivity index (χ3n) is 4.12. The Kier molecular flexibility index (Phi) is 7.33. The van der Waals surface area contributed by atoms with Crippen molar-refractivity contribution in [3.63, 3.8) is 0 Å². The minimum atomic E-state index is -0.428. The molecule has 0 aliphatic carbocycles. The minimum Gasteiger partial charge on any atom is -0.444 e. The number of rotatable bonds is 4. The van der Waals surface area contributed by atoms with Crippen LogP contribution in [-0.4, -0.2) is 42.9 Å². The van der Waals surface area contributed by atoms with E-state index in [9.17, 15) is 4.79 Å². The predicted molar refractivity (Wildman–Crippen MR) is 99.3 cm³/mol. The van der Waals surface area contributed by atoms with Crippen LogP contribution in [0.4, 0.5) is 4.79 Å². The molecule has 0 saturated carbocycles. The van der Waals surface area contributed by atoms with E-state index in [4.69, 9.17) is 9.47 Å². The average Bonchev–Trinajstić information content (AvgIpc) is 2.58. The van der Waals surface area contributed by atoms with E-state index in [1.165, 1.54) is 0 Å². The number of nitrogens with zero attached hydrogens (tertiary/aromatic N) is 1. The van der Waals surface area contributed by atoms with Crippen molar-refractivity contribution in [3.8, 4) is 11.8 Å². The molecule has 1 aromatic rings. The monoisotopic (exact) mass is 343 g/mol. The molecule has 4 nitrogen and oxygen atoms in total. The van der Waals surface area contributed by atoms with Gasteiger partial charge in [0.1, 0.15) is 12.2 Å². The molecule has 1 saturated heterocycles. The third kappa shape index (κ3) is 7.62. The van der Waals surface area contributed by atoms with Crippen molar-refractivity contribution < 1.29 is 14.3 Å². The van der Waals surface area contributed by atoms with Crippen LogP contribution in [0.3, 0.4) is 0 Å². The van der Waals surface area contributed by atoms with E-state index in [0.29, 0.717) is 12.5 Å². The number of piperidine rings is 1. The molecule has 0 aromatic heterocycles. The summed E-state index contributed by atoms with van der Waals surface area (Å²) in [4.78, 5) is 13.8. The summed E-state index contributed by atoms with van der Waals surface area (Å²) in [6.45, 7) is 8.42. The van der Waals surface area contributed by atoms with E-state index in [-0.39, 0.29) is 6.09 Å². The molecule has 1 amide bonds. The Morgan fingerprint density at radius 1 is 1.20 bits per heavy atom. The zero-order chi connectivity index (χ0) is 18.1. The van der Waals surface area contributed by atoms with E-state index in [2.05, 4.69) is 11.8 Å². The number of likely N-dealkylation sites (tertiary alicyclic amines) is 1. The van der Waals surface area contributed by atoms with E-state index in [1.807, 2.05) is 56.0 Å². The number of hydrogen-bond acceptors (Lipinski definition) is 3. The van der Waals surface area contributed by atoms with Crippen LogP contribution in [0.5, 0.6) is 0 Å². The number of ether oxygens (including phenoxy) is 2. The maximum atomic E-state index is 12.0. The summed E-state index contributed by atoms with van der Waals surface area (Å²) in [5.74, 6) is 6.74. The molecule has 0 atom stereocenters. The second-order valence-corrected chi connectivity index (χ2v) is 7.42. The predicted octanol–water partition coefficient (Wildman–Crippen LogP) is 4.09. The van der Waals surface area contributed by atoms with Crippen LogP contribution in [0, 0.1) is 17.8 Å². The largest absolute Gasteiger partial charge is 0.444 e. The number of benzene rings is 1. The van der Waals surface area contributed by atoms with Gasteiger partial charge in [0.15, 0.2) is 0 Å². The van der Waals surface area contributed by atoms with Crippen LogP contribution < -0.4 is 0 Å². The third-order valence-corrected chi connectivity index (χ3v) is 4.12. The fourth-order valence-corrected chi connectivity index (χ4v) is 2.76. The van der Waals surface area contributed by atoms with Gasteiger partial charge in [-0.3, -0.25) is 0 Å². The Labute approximate surface area is 151 Å². The van der Waals surface area contributed by atoms with Gasteiger partial charge in [0.25, 0.3) is 0 Å². The molecule has 1 fully saturated rings. The van der Waals surface area contributed by atoms with Gasteiger partial charge in [0, 0.05) is 25.3 Å². The van der Waals surface area contributed by atoms with Gasteiger partial charge < -0.3 is 14.4 Å². The van der Waals surface area contributed by atoms with Crippen LogP contribution in [0.2, 0.25) is 0 Å². The van der Waals surface area contributed by atoms with Gasteiger partial charge in [-0.1, -0.05) is 30.0 Å². The molecular formula is C21H29NO3. The van der Waals surface area contributed by atoms with Crippen molar-refractivity contribution in [2.45, 2.75) is 45.6 Å². The topological polar surface area (TPSA) is 38.8 Å². The standard InChI is InChI=1S/C21H29NO3/c1-21(2,3)25-20(23)22-14-11-19(12-15-22)13-17-24-16-7-10-18-8-5-4-6-9-18/h4-6,8-9,19H,11-17H2,1-3H3. The lowest BCUT2D eigenvalue weighted by molar-refractivity contribution is 0.0170. The molecule has 2 rings (SSSR count). The quantitative estimate of drug-likeness (QED) is 0.610. The Bertz CT molecular complexity index is 587. The highest BCUT2D eigenvalue weighted by atomic mass is 16.6. The van der Waals surface area contributed by atoms with Gasteiger partial charge in [-0.2, -0.15) is 0 Å². The summed E-state index contributed by atoms with van der Waals surface area (Å²) in [6, 6.07) is 9.93. The second kappa shape index (κ2) is 9.48. The molecule has 0 N–H and O–H groups in total. The lowest BCUT2D eigenvalue weighted by atomic mass is 9.94. The molecule has 0 unspecified atom stereocenters.